The predicted molar refractivity (Wildman–Crippen MR) is 128 cm³/mol. The minimum atomic E-state index is -0.562. The van der Waals surface area contributed by atoms with Crippen LogP contribution in [0.5, 0.6) is 23.0 Å². The van der Waals surface area contributed by atoms with E-state index in [4.69, 9.17) is 30.5 Å². The van der Waals surface area contributed by atoms with E-state index in [1.54, 1.807) is 42.5 Å². The molecule has 3 rings (SSSR count). The van der Waals surface area contributed by atoms with Crippen LogP contribution in [0.15, 0.2) is 48.5 Å². The van der Waals surface area contributed by atoms with Gasteiger partial charge in [-0.2, -0.15) is 0 Å². The van der Waals surface area contributed by atoms with Gasteiger partial charge in [-0.1, -0.05) is 56.0 Å². The number of methoxy groups -OCH3 is 2. The summed E-state index contributed by atoms with van der Waals surface area (Å²) >= 11 is 6.25. The summed E-state index contributed by atoms with van der Waals surface area (Å²) in [5.41, 5.74) is 0.378. The SMILES string of the molecule is CCCCCCC(=O)Oc1c(OC)c(OC)c(OC(=O)c2ccccc2)c2ccc(Cl)cc12. The molecule has 0 unspecified atom stereocenters. The Bertz CT molecular complexity index is 1130. The molecule has 0 radical (unpaired) electrons. The van der Waals surface area contributed by atoms with Gasteiger partial charge < -0.3 is 18.9 Å². The molecule has 0 N–H and O–H groups in total. The second-order valence-electron chi connectivity index (χ2n) is 7.45. The van der Waals surface area contributed by atoms with Gasteiger partial charge in [-0.25, -0.2) is 4.79 Å². The third kappa shape index (κ3) is 5.76. The Morgan fingerprint density at radius 2 is 1.45 bits per heavy atom. The lowest BCUT2D eigenvalue weighted by Crippen LogP contribution is -2.12. The molecule has 0 spiro atoms. The van der Waals surface area contributed by atoms with E-state index in [9.17, 15) is 9.59 Å². The maximum absolute atomic E-state index is 12.8. The zero-order valence-electron chi connectivity index (χ0n) is 19.0. The molecule has 33 heavy (non-hydrogen) atoms. The van der Waals surface area contributed by atoms with Crippen LogP contribution in [0.25, 0.3) is 10.8 Å². The Morgan fingerprint density at radius 3 is 2.09 bits per heavy atom. The van der Waals surface area contributed by atoms with E-state index in [0.29, 0.717) is 21.4 Å². The van der Waals surface area contributed by atoms with E-state index in [1.807, 2.05) is 6.07 Å². The lowest BCUT2D eigenvalue weighted by atomic mass is 10.1. The molecule has 0 aliphatic rings. The van der Waals surface area contributed by atoms with Gasteiger partial charge in [0.25, 0.3) is 0 Å². The van der Waals surface area contributed by atoms with Crippen LogP contribution in [0.1, 0.15) is 49.4 Å². The van der Waals surface area contributed by atoms with Gasteiger partial charge in [-0.05, 0) is 36.8 Å². The lowest BCUT2D eigenvalue weighted by molar-refractivity contribution is -0.134. The van der Waals surface area contributed by atoms with Gasteiger partial charge in [0.1, 0.15) is 0 Å². The number of hydrogen-bond acceptors (Lipinski definition) is 6. The van der Waals surface area contributed by atoms with Gasteiger partial charge >= 0.3 is 11.9 Å². The zero-order chi connectivity index (χ0) is 23.8. The summed E-state index contributed by atoms with van der Waals surface area (Å²) in [6.07, 6.45) is 4.10. The van der Waals surface area contributed by atoms with Crippen molar-refractivity contribution in [2.24, 2.45) is 0 Å². The Hall–Kier alpha value is -3.25. The first kappa shape index (κ1) is 24.4. The van der Waals surface area contributed by atoms with Gasteiger partial charge in [0, 0.05) is 22.2 Å². The van der Waals surface area contributed by atoms with Gasteiger partial charge in [-0.15, -0.1) is 0 Å². The van der Waals surface area contributed by atoms with Crippen molar-refractivity contribution >= 4 is 34.3 Å². The van der Waals surface area contributed by atoms with Crippen molar-refractivity contribution in [2.75, 3.05) is 14.2 Å². The van der Waals surface area contributed by atoms with Gasteiger partial charge in [0.05, 0.1) is 19.8 Å². The van der Waals surface area contributed by atoms with E-state index in [0.717, 1.165) is 25.7 Å². The number of rotatable bonds is 10. The molecule has 0 bridgehead atoms. The van der Waals surface area contributed by atoms with E-state index in [2.05, 4.69) is 6.92 Å². The first-order valence-corrected chi connectivity index (χ1v) is 11.2. The van der Waals surface area contributed by atoms with Crippen LogP contribution < -0.4 is 18.9 Å². The quantitative estimate of drug-likeness (QED) is 0.189. The summed E-state index contributed by atoms with van der Waals surface area (Å²) < 4.78 is 22.6. The highest BCUT2D eigenvalue weighted by molar-refractivity contribution is 6.31. The number of carbonyl (C=O) groups is 2. The number of unbranched alkanes of at least 4 members (excludes halogenated alkanes) is 3. The summed E-state index contributed by atoms with van der Waals surface area (Å²) in [6, 6.07) is 13.6. The molecule has 0 saturated carbocycles. The Balaban J connectivity index is 2.07. The lowest BCUT2D eigenvalue weighted by Gasteiger charge is -2.19. The second kappa shape index (κ2) is 11.6. The normalized spacial score (nSPS) is 10.7. The smallest absolute Gasteiger partial charge is 0.343 e. The average Bonchev–Trinajstić information content (AvgIpc) is 2.83. The highest BCUT2D eigenvalue weighted by atomic mass is 35.5. The Morgan fingerprint density at radius 1 is 0.788 bits per heavy atom. The zero-order valence-corrected chi connectivity index (χ0v) is 19.7. The first-order valence-electron chi connectivity index (χ1n) is 10.8. The maximum Gasteiger partial charge on any atom is 0.343 e. The summed E-state index contributed by atoms with van der Waals surface area (Å²) in [4.78, 5) is 25.4. The summed E-state index contributed by atoms with van der Waals surface area (Å²) in [5, 5.41) is 1.39. The molecule has 0 amide bonds. The molecule has 0 aromatic heterocycles. The molecule has 174 valence electrons. The van der Waals surface area contributed by atoms with Crippen molar-refractivity contribution in [3.8, 4) is 23.0 Å². The van der Waals surface area contributed by atoms with Gasteiger partial charge in [0.2, 0.25) is 11.5 Å². The maximum atomic E-state index is 12.8. The van der Waals surface area contributed by atoms with Crippen LogP contribution >= 0.6 is 11.6 Å². The van der Waals surface area contributed by atoms with Crippen LogP contribution in [0.3, 0.4) is 0 Å². The van der Waals surface area contributed by atoms with Crippen LogP contribution in [0, 0.1) is 0 Å². The number of carbonyl (C=O) groups excluding carboxylic acids is 2. The van der Waals surface area contributed by atoms with Crippen molar-refractivity contribution in [1.29, 1.82) is 0 Å². The minimum Gasteiger partial charge on any atom is -0.490 e. The molecule has 0 aliphatic heterocycles. The average molecular weight is 471 g/mol. The van der Waals surface area contributed by atoms with E-state index in [1.165, 1.54) is 14.2 Å². The van der Waals surface area contributed by atoms with Crippen molar-refractivity contribution in [1.82, 2.24) is 0 Å². The molecular weight excluding hydrogens is 444 g/mol. The van der Waals surface area contributed by atoms with Crippen LogP contribution in [-0.2, 0) is 4.79 Å². The second-order valence-corrected chi connectivity index (χ2v) is 7.89. The highest BCUT2D eigenvalue weighted by Gasteiger charge is 2.27. The fourth-order valence-electron chi connectivity index (χ4n) is 3.51. The summed E-state index contributed by atoms with van der Waals surface area (Å²) in [6.45, 7) is 2.11. The summed E-state index contributed by atoms with van der Waals surface area (Å²) in [7, 11) is 2.85. The fraction of sp³-hybridized carbons (Fsp3) is 0.308. The number of ether oxygens (including phenoxy) is 4. The molecule has 0 heterocycles. The first-order chi connectivity index (χ1) is 16.0. The largest absolute Gasteiger partial charge is 0.490 e. The van der Waals surface area contributed by atoms with Gasteiger partial charge in [-0.3, -0.25) is 4.79 Å². The predicted octanol–water partition coefficient (Wildman–Crippen LogP) is 6.61. The molecular formula is C26H27ClO6. The number of fused-ring (bicyclic) bond motifs is 1. The third-order valence-corrected chi connectivity index (χ3v) is 5.39. The molecule has 7 heteroatoms. The topological polar surface area (TPSA) is 71.1 Å². The van der Waals surface area contributed by atoms with E-state index in [-0.39, 0.29) is 35.4 Å². The Kier molecular flexibility index (Phi) is 8.55. The van der Waals surface area contributed by atoms with Crippen molar-refractivity contribution in [3.63, 3.8) is 0 Å². The van der Waals surface area contributed by atoms with E-state index >= 15 is 0 Å². The molecule has 0 saturated heterocycles. The monoisotopic (exact) mass is 470 g/mol. The van der Waals surface area contributed by atoms with Crippen LogP contribution in [-0.4, -0.2) is 26.2 Å². The number of halogens is 1. The molecule has 0 fully saturated rings. The molecule has 6 nitrogen and oxygen atoms in total. The summed E-state index contributed by atoms with van der Waals surface area (Å²) in [5.74, 6) is -0.338. The highest BCUT2D eigenvalue weighted by Crippen LogP contribution is 2.51. The van der Waals surface area contributed by atoms with Crippen molar-refractivity contribution < 1.29 is 28.5 Å². The number of benzene rings is 3. The van der Waals surface area contributed by atoms with Crippen LogP contribution in [0.2, 0.25) is 5.02 Å². The minimum absolute atomic E-state index is 0.144. The number of hydrogen-bond donors (Lipinski definition) is 0. The standard InChI is InChI=1S/C26H27ClO6/c1-4-5-6-10-13-21(28)32-23-20-16-18(27)14-15-19(20)22(24(30-2)25(23)31-3)33-26(29)17-11-8-7-9-12-17/h7-9,11-12,14-16H,4-6,10,13H2,1-3H3. The van der Waals surface area contributed by atoms with Crippen molar-refractivity contribution in [2.45, 2.75) is 39.0 Å². The fourth-order valence-corrected chi connectivity index (χ4v) is 3.69. The van der Waals surface area contributed by atoms with E-state index < -0.39 is 5.97 Å². The Labute approximate surface area is 198 Å². The molecule has 0 atom stereocenters. The number of esters is 2. The van der Waals surface area contributed by atoms with Gasteiger partial charge in [0.15, 0.2) is 11.5 Å². The molecule has 3 aromatic carbocycles. The van der Waals surface area contributed by atoms with Crippen LogP contribution in [0.4, 0.5) is 0 Å². The third-order valence-electron chi connectivity index (χ3n) is 5.15. The molecule has 3 aromatic rings. The van der Waals surface area contributed by atoms with Crippen molar-refractivity contribution in [3.05, 3.63) is 59.1 Å². The molecule has 0 aliphatic carbocycles.